The van der Waals surface area contributed by atoms with Crippen LogP contribution in [0.1, 0.15) is 75.1 Å². The van der Waals surface area contributed by atoms with Gasteiger partial charge in [0.1, 0.15) is 17.4 Å². The van der Waals surface area contributed by atoms with Gasteiger partial charge in [0.2, 0.25) is 10.0 Å². The first-order chi connectivity index (χ1) is 23.8. The maximum atomic E-state index is 13.7. The Balaban J connectivity index is 1.42. The standard InChI is InChI=1S/C37H45N7O6S/c1-22-10-11-24(34(45)42-29-19-25(36(2,3)4)20-30(32(29)49-8)43-51(9,47)48)18-28(22)41-33-31-27(38-21-39-33)13-12-26(40-31)23-14-16-44(17-15-23)35(46)50-37(5,6)7/h10-14,18-21,43H,15-17H2,1-9H3,(H,42,45)(H,38,39,41). The zero-order chi connectivity index (χ0) is 37.3. The number of aromatic nitrogens is 3. The second-order valence-electron chi connectivity index (χ2n) is 14.5. The second kappa shape index (κ2) is 14.2. The fourth-order valence-electron chi connectivity index (χ4n) is 5.47. The van der Waals surface area contributed by atoms with Crippen LogP contribution in [0.2, 0.25) is 0 Å². The number of carbonyl (C=O) groups excluding carboxylic acids is 2. The molecule has 0 radical (unpaired) electrons. The molecule has 0 unspecified atom stereocenters. The van der Waals surface area contributed by atoms with Crippen molar-refractivity contribution in [2.24, 2.45) is 0 Å². The average Bonchev–Trinajstić information content (AvgIpc) is 3.03. The summed E-state index contributed by atoms with van der Waals surface area (Å²) in [6, 6.07) is 12.5. The van der Waals surface area contributed by atoms with Crippen molar-refractivity contribution in [3.05, 3.63) is 77.3 Å². The highest BCUT2D eigenvalue weighted by atomic mass is 32.2. The average molecular weight is 716 g/mol. The summed E-state index contributed by atoms with van der Waals surface area (Å²) in [4.78, 5) is 41.7. The van der Waals surface area contributed by atoms with Crippen molar-refractivity contribution in [3.8, 4) is 5.75 Å². The Kier molecular flexibility index (Phi) is 10.3. The van der Waals surface area contributed by atoms with Crippen LogP contribution in [0, 0.1) is 6.92 Å². The Morgan fingerprint density at radius 1 is 0.941 bits per heavy atom. The Morgan fingerprint density at radius 3 is 2.29 bits per heavy atom. The molecule has 2 aromatic heterocycles. The van der Waals surface area contributed by atoms with E-state index in [1.54, 1.807) is 29.2 Å². The Hall–Kier alpha value is -5.24. The molecule has 5 rings (SSSR count). The summed E-state index contributed by atoms with van der Waals surface area (Å²) < 4.78 is 37.9. The molecule has 4 aromatic rings. The van der Waals surface area contributed by atoms with Gasteiger partial charge in [-0.15, -0.1) is 0 Å². The van der Waals surface area contributed by atoms with Crippen LogP contribution in [-0.4, -0.2) is 72.3 Å². The molecule has 13 nitrogen and oxygen atoms in total. The molecule has 51 heavy (non-hydrogen) atoms. The lowest BCUT2D eigenvalue weighted by Gasteiger charge is -2.29. The van der Waals surface area contributed by atoms with Gasteiger partial charge in [0.25, 0.3) is 5.91 Å². The Labute approximate surface area is 298 Å². The SMILES string of the molecule is COc1c(NC(=O)c2ccc(C)c(Nc3ncnc4ccc(C5=CCN(C(=O)OC(C)(C)C)CC5)nc34)c2)cc(C(C)(C)C)cc1NS(C)(=O)=O. The van der Waals surface area contributed by atoms with Gasteiger partial charge in [0, 0.05) is 24.3 Å². The van der Waals surface area contributed by atoms with Gasteiger partial charge < -0.3 is 25.0 Å². The van der Waals surface area contributed by atoms with Crippen LogP contribution < -0.4 is 20.1 Å². The van der Waals surface area contributed by atoms with Gasteiger partial charge in [0.05, 0.1) is 36.0 Å². The van der Waals surface area contributed by atoms with E-state index in [4.69, 9.17) is 14.5 Å². The van der Waals surface area contributed by atoms with Crippen molar-refractivity contribution in [3.63, 3.8) is 0 Å². The van der Waals surface area contributed by atoms with Crippen LogP contribution in [0.4, 0.5) is 27.7 Å². The number of anilines is 4. The molecule has 1 aliphatic heterocycles. The monoisotopic (exact) mass is 715 g/mol. The third kappa shape index (κ3) is 9.11. The third-order valence-corrected chi connectivity index (χ3v) is 8.72. The van der Waals surface area contributed by atoms with Gasteiger partial charge >= 0.3 is 6.09 Å². The van der Waals surface area contributed by atoms with Crippen LogP contribution in [-0.2, 0) is 20.2 Å². The van der Waals surface area contributed by atoms with Crippen molar-refractivity contribution < 1.29 is 27.5 Å². The molecule has 3 heterocycles. The smallest absolute Gasteiger partial charge is 0.410 e. The number of nitrogens with one attached hydrogen (secondary N) is 3. The molecule has 270 valence electrons. The Bertz CT molecular complexity index is 2140. The number of pyridine rings is 1. The van der Waals surface area contributed by atoms with Crippen molar-refractivity contribution in [2.45, 2.75) is 65.9 Å². The highest BCUT2D eigenvalue weighted by Crippen LogP contribution is 2.39. The number of rotatable bonds is 8. The first-order valence-electron chi connectivity index (χ1n) is 16.5. The topological polar surface area (TPSA) is 165 Å². The van der Waals surface area contributed by atoms with Gasteiger partial charge in [-0.05, 0) is 92.6 Å². The van der Waals surface area contributed by atoms with E-state index in [1.807, 2.05) is 72.7 Å². The second-order valence-corrected chi connectivity index (χ2v) is 16.3. The number of carbonyl (C=O) groups is 2. The predicted octanol–water partition coefficient (Wildman–Crippen LogP) is 7.03. The zero-order valence-electron chi connectivity index (χ0n) is 30.5. The molecule has 1 aliphatic rings. The first-order valence-corrected chi connectivity index (χ1v) is 18.4. The van der Waals surface area contributed by atoms with E-state index in [0.717, 1.165) is 28.6 Å². The molecule has 0 bridgehead atoms. The molecule has 0 saturated heterocycles. The van der Waals surface area contributed by atoms with Crippen LogP contribution in [0.3, 0.4) is 0 Å². The van der Waals surface area contributed by atoms with Crippen molar-refractivity contribution in [1.82, 2.24) is 19.9 Å². The quantitative estimate of drug-likeness (QED) is 0.172. The van der Waals surface area contributed by atoms with Crippen LogP contribution in [0.5, 0.6) is 5.75 Å². The minimum atomic E-state index is -3.63. The molecule has 0 spiro atoms. The van der Waals surface area contributed by atoms with Crippen molar-refractivity contribution in [2.75, 3.05) is 41.8 Å². The van der Waals surface area contributed by atoms with E-state index in [-0.39, 0.29) is 22.9 Å². The maximum absolute atomic E-state index is 13.7. The summed E-state index contributed by atoms with van der Waals surface area (Å²) in [6.07, 6.45) is 4.76. The number of methoxy groups -OCH3 is 1. The molecule has 0 saturated carbocycles. The molecular weight excluding hydrogens is 671 g/mol. The number of fused-ring (bicyclic) bond motifs is 1. The summed E-state index contributed by atoms with van der Waals surface area (Å²) in [5, 5.41) is 6.27. The van der Waals surface area contributed by atoms with Gasteiger partial charge in [0.15, 0.2) is 11.6 Å². The van der Waals surface area contributed by atoms with E-state index < -0.39 is 21.5 Å². The number of benzene rings is 2. The number of hydrogen-bond acceptors (Lipinski definition) is 10. The first kappa shape index (κ1) is 37.0. The van der Waals surface area contributed by atoms with Crippen LogP contribution in [0.25, 0.3) is 16.6 Å². The number of hydrogen-bond donors (Lipinski definition) is 3. The molecule has 14 heteroatoms. The summed E-state index contributed by atoms with van der Waals surface area (Å²) >= 11 is 0. The molecule has 0 atom stereocenters. The molecule has 0 aliphatic carbocycles. The summed E-state index contributed by atoms with van der Waals surface area (Å²) in [6.45, 7) is 14.3. The van der Waals surface area contributed by atoms with Gasteiger partial charge in [-0.1, -0.05) is 32.9 Å². The third-order valence-electron chi connectivity index (χ3n) is 8.13. The highest BCUT2D eigenvalue weighted by molar-refractivity contribution is 7.92. The fraction of sp³-hybridized carbons (Fsp3) is 0.378. The number of nitrogens with zero attached hydrogens (tertiary/aromatic N) is 4. The predicted molar refractivity (Wildman–Crippen MR) is 200 cm³/mol. The number of aryl methyl sites for hydroxylation is 1. The zero-order valence-corrected chi connectivity index (χ0v) is 31.3. The minimum absolute atomic E-state index is 0.187. The lowest BCUT2D eigenvalue weighted by molar-refractivity contribution is 0.0270. The Morgan fingerprint density at radius 2 is 1.67 bits per heavy atom. The number of amides is 2. The van der Waals surface area contributed by atoms with E-state index >= 15 is 0 Å². The summed E-state index contributed by atoms with van der Waals surface area (Å²) in [5.74, 6) is 0.225. The van der Waals surface area contributed by atoms with Crippen molar-refractivity contribution in [1.29, 1.82) is 0 Å². The summed E-state index contributed by atoms with van der Waals surface area (Å²) in [7, 11) is -2.22. The van der Waals surface area contributed by atoms with Gasteiger partial charge in [-0.3, -0.25) is 9.52 Å². The lowest BCUT2D eigenvalue weighted by Crippen LogP contribution is -2.39. The number of sulfonamides is 1. The van der Waals surface area contributed by atoms with Gasteiger partial charge in [-0.25, -0.2) is 28.2 Å². The molecule has 2 aromatic carbocycles. The van der Waals surface area contributed by atoms with Crippen LogP contribution >= 0.6 is 0 Å². The minimum Gasteiger partial charge on any atom is -0.492 e. The lowest BCUT2D eigenvalue weighted by atomic mass is 9.86. The van der Waals surface area contributed by atoms with E-state index in [0.29, 0.717) is 53.3 Å². The van der Waals surface area contributed by atoms with E-state index in [2.05, 4.69) is 25.3 Å². The van der Waals surface area contributed by atoms with Gasteiger partial charge in [-0.2, -0.15) is 0 Å². The fourth-order valence-corrected chi connectivity index (χ4v) is 6.03. The molecular formula is C37H45N7O6S. The highest BCUT2D eigenvalue weighted by Gasteiger charge is 2.25. The van der Waals surface area contributed by atoms with Crippen LogP contribution in [0.15, 0.2) is 54.9 Å². The van der Waals surface area contributed by atoms with Crippen molar-refractivity contribution >= 4 is 61.5 Å². The normalized spacial score (nSPS) is 13.7. The molecule has 3 N–H and O–H groups in total. The largest absolute Gasteiger partial charge is 0.492 e. The molecule has 2 amide bonds. The van der Waals surface area contributed by atoms with E-state index in [1.165, 1.54) is 13.4 Å². The maximum Gasteiger partial charge on any atom is 0.410 e. The molecule has 0 fully saturated rings. The summed E-state index contributed by atoms with van der Waals surface area (Å²) in [5.41, 5.74) is 5.19. The van der Waals surface area contributed by atoms with E-state index in [9.17, 15) is 18.0 Å². The number of ether oxygens (including phenoxy) is 2.